The number of aliphatic imine (C=N–C) groups is 1. The van der Waals surface area contributed by atoms with Gasteiger partial charge in [-0.2, -0.15) is 0 Å². The molecular weight excluding hydrogens is 453 g/mol. The Bertz CT molecular complexity index is 735. The predicted molar refractivity (Wildman–Crippen MR) is 122 cm³/mol. The number of nitrogens with one attached hydrogen (secondary N) is 2. The highest BCUT2D eigenvalue weighted by Crippen LogP contribution is 2.17. The van der Waals surface area contributed by atoms with Gasteiger partial charge in [-0.05, 0) is 30.7 Å². The molecule has 0 spiro atoms. The molecule has 2 N–H and O–H groups in total. The Balaban J connectivity index is 0.00000364. The van der Waals surface area contributed by atoms with E-state index in [0.29, 0.717) is 19.7 Å². The first-order valence-electron chi connectivity index (χ1n) is 8.73. The summed E-state index contributed by atoms with van der Waals surface area (Å²) < 4.78 is 11.0. The molecule has 146 valence electrons. The number of hydrogen-bond acceptors (Lipinski definition) is 3. The smallest absolute Gasteiger partial charge is 0.191 e. The Morgan fingerprint density at radius 3 is 2.70 bits per heavy atom. The normalized spacial score (nSPS) is 10.5. The summed E-state index contributed by atoms with van der Waals surface area (Å²) in [5.74, 6) is 2.45. The molecule has 0 fully saturated rings. The lowest BCUT2D eigenvalue weighted by atomic mass is 10.2. The van der Waals surface area contributed by atoms with Crippen LogP contribution in [0.1, 0.15) is 18.1 Å². The quantitative estimate of drug-likeness (QED) is 0.245. The van der Waals surface area contributed by atoms with Crippen molar-refractivity contribution in [1.82, 2.24) is 10.6 Å². The van der Waals surface area contributed by atoms with Gasteiger partial charge in [0.25, 0.3) is 0 Å². The van der Waals surface area contributed by atoms with Crippen LogP contribution in [0.25, 0.3) is 0 Å². The van der Waals surface area contributed by atoms with Crippen molar-refractivity contribution in [3.63, 3.8) is 0 Å². The van der Waals surface area contributed by atoms with E-state index >= 15 is 0 Å². The second-order valence-electron chi connectivity index (χ2n) is 5.61. The monoisotopic (exact) mass is 481 g/mol. The molecule has 5 nitrogen and oxygen atoms in total. The van der Waals surface area contributed by atoms with Crippen molar-refractivity contribution >= 4 is 29.9 Å². The number of benzene rings is 2. The van der Waals surface area contributed by atoms with Crippen LogP contribution in [-0.2, 0) is 13.1 Å². The first-order valence-corrected chi connectivity index (χ1v) is 8.73. The summed E-state index contributed by atoms with van der Waals surface area (Å²) in [5.41, 5.74) is 2.16. The number of para-hydroxylation sites is 1. The fraction of sp³-hybridized carbons (Fsp3) is 0.286. The molecule has 0 amide bonds. The Labute approximate surface area is 178 Å². The van der Waals surface area contributed by atoms with E-state index in [4.69, 9.17) is 9.47 Å². The predicted octanol–water partition coefficient (Wildman–Crippen LogP) is 4.13. The molecule has 0 saturated carbocycles. The summed E-state index contributed by atoms with van der Waals surface area (Å²) in [6, 6.07) is 15.9. The zero-order valence-corrected chi connectivity index (χ0v) is 18.2. The van der Waals surface area contributed by atoms with Crippen molar-refractivity contribution in [3.05, 3.63) is 72.3 Å². The van der Waals surface area contributed by atoms with Gasteiger partial charge in [-0.15, -0.1) is 24.0 Å². The van der Waals surface area contributed by atoms with E-state index in [9.17, 15) is 0 Å². The summed E-state index contributed by atoms with van der Waals surface area (Å²) in [7, 11) is 1.67. The molecule has 2 rings (SSSR count). The first-order chi connectivity index (χ1) is 12.8. The van der Waals surface area contributed by atoms with Crippen LogP contribution in [0.2, 0.25) is 0 Å². The lowest BCUT2D eigenvalue weighted by Gasteiger charge is -2.14. The number of nitrogens with zero attached hydrogens (tertiary/aromatic N) is 1. The van der Waals surface area contributed by atoms with Crippen LogP contribution < -0.4 is 20.1 Å². The fourth-order valence-electron chi connectivity index (χ4n) is 2.40. The molecular formula is C21H28IN3O2. The minimum absolute atomic E-state index is 0. The van der Waals surface area contributed by atoms with Crippen LogP contribution >= 0.6 is 24.0 Å². The Hall–Kier alpha value is -2.22. The molecule has 0 aliphatic rings. The number of ether oxygens (including phenoxy) is 2. The molecule has 0 heterocycles. The van der Waals surface area contributed by atoms with E-state index in [0.717, 1.165) is 35.1 Å². The summed E-state index contributed by atoms with van der Waals surface area (Å²) in [5, 5.41) is 6.62. The van der Waals surface area contributed by atoms with Crippen LogP contribution in [0, 0.1) is 0 Å². The Morgan fingerprint density at radius 2 is 1.96 bits per heavy atom. The van der Waals surface area contributed by atoms with Gasteiger partial charge >= 0.3 is 0 Å². The van der Waals surface area contributed by atoms with Gasteiger partial charge in [-0.1, -0.05) is 43.0 Å². The maximum absolute atomic E-state index is 5.70. The zero-order chi connectivity index (χ0) is 18.6. The molecule has 2 aromatic rings. The van der Waals surface area contributed by atoms with E-state index in [-0.39, 0.29) is 24.0 Å². The third-order valence-corrected chi connectivity index (χ3v) is 3.67. The average Bonchev–Trinajstić information content (AvgIpc) is 2.69. The number of hydrogen-bond donors (Lipinski definition) is 2. The van der Waals surface area contributed by atoms with Crippen molar-refractivity contribution < 1.29 is 9.47 Å². The van der Waals surface area contributed by atoms with E-state index in [1.54, 1.807) is 13.2 Å². The molecule has 6 heteroatoms. The zero-order valence-electron chi connectivity index (χ0n) is 15.9. The topological polar surface area (TPSA) is 54.9 Å². The SMILES string of the molecule is C=CCOc1ccccc1CNC(=NCc1cccc(OC)c1)NCC.I. The number of halogens is 1. The Morgan fingerprint density at radius 1 is 1.15 bits per heavy atom. The molecule has 0 unspecified atom stereocenters. The lowest BCUT2D eigenvalue weighted by Crippen LogP contribution is -2.36. The molecule has 0 aliphatic carbocycles. The largest absolute Gasteiger partial charge is 0.497 e. The maximum Gasteiger partial charge on any atom is 0.191 e. The third-order valence-electron chi connectivity index (χ3n) is 3.67. The highest BCUT2D eigenvalue weighted by Gasteiger charge is 2.04. The third kappa shape index (κ3) is 7.90. The summed E-state index contributed by atoms with van der Waals surface area (Å²) in [4.78, 5) is 4.65. The van der Waals surface area contributed by atoms with Crippen molar-refractivity contribution in [2.75, 3.05) is 20.3 Å². The van der Waals surface area contributed by atoms with Crippen LogP contribution in [-0.4, -0.2) is 26.2 Å². The van der Waals surface area contributed by atoms with Crippen LogP contribution in [0.4, 0.5) is 0 Å². The second kappa shape index (κ2) is 13.0. The molecule has 0 aromatic heterocycles. The van der Waals surface area contributed by atoms with Gasteiger partial charge in [0.2, 0.25) is 0 Å². The van der Waals surface area contributed by atoms with Crippen LogP contribution in [0.3, 0.4) is 0 Å². The fourth-order valence-corrected chi connectivity index (χ4v) is 2.40. The van der Waals surface area contributed by atoms with E-state index in [1.807, 2.05) is 55.5 Å². The van der Waals surface area contributed by atoms with Gasteiger partial charge in [0.1, 0.15) is 18.1 Å². The molecule has 0 radical (unpaired) electrons. The molecule has 0 aliphatic heterocycles. The number of guanidine groups is 1. The standard InChI is InChI=1S/C21H27N3O2.HI/c1-4-13-26-20-12-7-6-10-18(20)16-24-21(22-5-2)23-15-17-9-8-11-19(14-17)25-3;/h4,6-12,14H,1,5,13,15-16H2,2-3H3,(H2,22,23,24);1H. The summed E-state index contributed by atoms with van der Waals surface area (Å²) in [6.07, 6.45) is 1.74. The van der Waals surface area contributed by atoms with E-state index < -0.39 is 0 Å². The van der Waals surface area contributed by atoms with Gasteiger partial charge in [0.05, 0.1) is 13.7 Å². The molecule has 0 atom stereocenters. The molecule has 0 bridgehead atoms. The van der Waals surface area contributed by atoms with Gasteiger partial charge in [-0.3, -0.25) is 0 Å². The van der Waals surface area contributed by atoms with Crippen LogP contribution in [0.15, 0.2) is 66.2 Å². The molecule has 2 aromatic carbocycles. The average molecular weight is 481 g/mol. The first kappa shape index (κ1) is 22.8. The maximum atomic E-state index is 5.70. The highest BCUT2D eigenvalue weighted by molar-refractivity contribution is 14.0. The van der Waals surface area contributed by atoms with Crippen molar-refractivity contribution in [3.8, 4) is 11.5 Å². The van der Waals surface area contributed by atoms with Crippen molar-refractivity contribution in [2.45, 2.75) is 20.0 Å². The summed E-state index contributed by atoms with van der Waals surface area (Å²) >= 11 is 0. The molecule has 0 saturated heterocycles. The van der Waals surface area contributed by atoms with Crippen molar-refractivity contribution in [1.29, 1.82) is 0 Å². The van der Waals surface area contributed by atoms with Gasteiger partial charge in [0.15, 0.2) is 5.96 Å². The van der Waals surface area contributed by atoms with Gasteiger partial charge < -0.3 is 20.1 Å². The minimum atomic E-state index is 0. The minimum Gasteiger partial charge on any atom is -0.497 e. The Kier molecular flexibility index (Phi) is 11.0. The summed E-state index contributed by atoms with van der Waals surface area (Å²) in [6.45, 7) is 8.21. The van der Waals surface area contributed by atoms with Gasteiger partial charge in [-0.25, -0.2) is 4.99 Å². The molecule has 27 heavy (non-hydrogen) atoms. The van der Waals surface area contributed by atoms with E-state index in [1.165, 1.54) is 0 Å². The number of rotatable bonds is 9. The number of methoxy groups -OCH3 is 1. The highest BCUT2D eigenvalue weighted by atomic mass is 127. The van der Waals surface area contributed by atoms with Crippen molar-refractivity contribution in [2.24, 2.45) is 4.99 Å². The lowest BCUT2D eigenvalue weighted by molar-refractivity contribution is 0.358. The second-order valence-corrected chi connectivity index (χ2v) is 5.61. The van der Waals surface area contributed by atoms with Gasteiger partial charge in [0, 0.05) is 18.7 Å². The van der Waals surface area contributed by atoms with Crippen LogP contribution in [0.5, 0.6) is 11.5 Å². The van der Waals surface area contributed by atoms with E-state index in [2.05, 4.69) is 22.2 Å².